The molecule has 0 radical (unpaired) electrons. The topological polar surface area (TPSA) is 83.3 Å². The molecule has 3 N–H and O–H groups in total. The molecule has 3 rings (SSSR count). The molecule has 2 aromatic carbocycles. The van der Waals surface area contributed by atoms with Gasteiger partial charge in [0.1, 0.15) is 6.54 Å². The first-order chi connectivity index (χ1) is 15.1. The first-order valence-electron chi connectivity index (χ1n) is 10.6. The predicted octanol–water partition coefficient (Wildman–Crippen LogP) is 3.38. The largest absolute Gasteiger partial charge is 0.357 e. The average Bonchev–Trinajstić information content (AvgIpc) is 3.29. The fourth-order valence-corrected chi connectivity index (χ4v) is 3.15. The van der Waals surface area contributed by atoms with Crippen molar-refractivity contribution in [3.05, 3.63) is 84.2 Å². The molecular formula is C24H30N6O. The van der Waals surface area contributed by atoms with Gasteiger partial charge in [-0.25, -0.2) is 4.99 Å². The number of hydrogen-bond donors (Lipinski definition) is 3. The monoisotopic (exact) mass is 418 g/mol. The molecule has 0 saturated carbocycles. The van der Waals surface area contributed by atoms with E-state index in [0.717, 1.165) is 30.3 Å². The van der Waals surface area contributed by atoms with E-state index in [9.17, 15) is 4.79 Å². The number of benzene rings is 2. The molecule has 1 aromatic heterocycles. The lowest BCUT2D eigenvalue weighted by molar-refractivity contribution is -0.116. The number of rotatable bonds is 9. The number of amides is 1. The predicted molar refractivity (Wildman–Crippen MR) is 125 cm³/mol. The van der Waals surface area contributed by atoms with Crippen molar-refractivity contribution in [3.63, 3.8) is 0 Å². The Morgan fingerprint density at radius 3 is 2.68 bits per heavy atom. The minimum absolute atomic E-state index is 0.116. The Labute approximate surface area is 183 Å². The third-order valence-corrected chi connectivity index (χ3v) is 4.78. The van der Waals surface area contributed by atoms with Crippen LogP contribution in [0.1, 0.15) is 30.9 Å². The van der Waals surface area contributed by atoms with Crippen LogP contribution in [0.5, 0.6) is 0 Å². The van der Waals surface area contributed by atoms with E-state index in [1.54, 1.807) is 23.1 Å². The van der Waals surface area contributed by atoms with Crippen molar-refractivity contribution in [3.8, 4) is 0 Å². The molecule has 0 bridgehead atoms. The zero-order valence-corrected chi connectivity index (χ0v) is 18.1. The zero-order valence-electron chi connectivity index (χ0n) is 18.1. The van der Waals surface area contributed by atoms with Crippen LogP contribution in [0, 0.1) is 0 Å². The van der Waals surface area contributed by atoms with Gasteiger partial charge in [-0.15, -0.1) is 0 Å². The van der Waals surface area contributed by atoms with Gasteiger partial charge in [0.25, 0.3) is 0 Å². The van der Waals surface area contributed by atoms with Crippen molar-refractivity contribution < 1.29 is 4.79 Å². The van der Waals surface area contributed by atoms with Gasteiger partial charge in [-0.3, -0.25) is 9.48 Å². The summed E-state index contributed by atoms with van der Waals surface area (Å²) in [6.07, 6.45) is 3.42. The molecule has 1 atom stereocenters. The van der Waals surface area contributed by atoms with Crippen molar-refractivity contribution in [2.75, 3.05) is 18.4 Å². The van der Waals surface area contributed by atoms with E-state index in [2.05, 4.69) is 52.2 Å². The zero-order chi connectivity index (χ0) is 21.9. The summed E-state index contributed by atoms with van der Waals surface area (Å²) in [6, 6.07) is 20.0. The van der Waals surface area contributed by atoms with Crippen LogP contribution in [0.25, 0.3) is 0 Å². The van der Waals surface area contributed by atoms with Gasteiger partial charge >= 0.3 is 0 Å². The van der Waals surface area contributed by atoms with E-state index in [1.807, 2.05) is 37.3 Å². The third-order valence-electron chi connectivity index (χ3n) is 4.78. The Kier molecular flexibility index (Phi) is 8.22. The van der Waals surface area contributed by atoms with Crippen LogP contribution in [0.4, 0.5) is 5.69 Å². The van der Waals surface area contributed by atoms with Crippen LogP contribution in [0.15, 0.2) is 78.0 Å². The smallest absolute Gasteiger partial charge is 0.246 e. The Balaban J connectivity index is 1.56. The van der Waals surface area contributed by atoms with Gasteiger partial charge in [-0.05, 0) is 42.2 Å². The van der Waals surface area contributed by atoms with Crippen LogP contribution >= 0.6 is 0 Å². The molecule has 31 heavy (non-hydrogen) atoms. The molecule has 7 heteroatoms. The van der Waals surface area contributed by atoms with Gasteiger partial charge < -0.3 is 16.0 Å². The summed E-state index contributed by atoms with van der Waals surface area (Å²) in [5, 5.41) is 13.7. The van der Waals surface area contributed by atoms with Crippen LogP contribution in [0.3, 0.4) is 0 Å². The van der Waals surface area contributed by atoms with E-state index in [1.165, 1.54) is 5.56 Å². The first-order valence-corrected chi connectivity index (χ1v) is 10.6. The van der Waals surface area contributed by atoms with Crippen LogP contribution < -0.4 is 16.0 Å². The highest BCUT2D eigenvalue weighted by atomic mass is 16.2. The number of aliphatic imine (C=N–C) groups is 1. The quantitative estimate of drug-likeness (QED) is 0.367. The Morgan fingerprint density at radius 2 is 1.94 bits per heavy atom. The molecule has 3 aromatic rings. The summed E-state index contributed by atoms with van der Waals surface area (Å²) in [4.78, 5) is 16.9. The Bertz CT molecular complexity index is 969. The average molecular weight is 419 g/mol. The maximum atomic E-state index is 12.2. The lowest BCUT2D eigenvalue weighted by Crippen LogP contribution is -2.39. The number of guanidine groups is 1. The highest BCUT2D eigenvalue weighted by Gasteiger charge is 2.07. The molecule has 0 aliphatic heterocycles. The third kappa shape index (κ3) is 7.29. The van der Waals surface area contributed by atoms with Crippen molar-refractivity contribution in [2.24, 2.45) is 4.99 Å². The van der Waals surface area contributed by atoms with Crippen molar-refractivity contribution in [1.82, 2.24) is 20.4 Å². The molecule has 0 spiro atoms. The van der Waals surface area contributed by atoms with E-state index in [0.29, 0.717) is 12.5 Å². The summed E-state index contributed by atoms with van der Waals surface area (Å²) in [6.45, 7) is 6.52. The summed E-state index contributed by atoms with van der Waals surface area (Å²) in [5.74, 6) is 1.03. The number of anilines is 1. The van der Waals surface area contributed by atoms with Gasteiger partial charge in [0, 0.05) is 31.2 Å². The van der Waals surface area contributed by atoms with Crippen molar-refractivity contribution in [2.45, 2.75) is 32.9 Å². The molecule has 0 fully saturated rings. The number of nitrogens with zero attached hydrogens (tertiary/aromatic N) is 3. The molecule has 1 heterocycles. The second-order valence-electron chi connectivity index (χ2n) is 7.34. The normalized spacial score (nSPS) is 12.3. The van der Waals surface area contributed by atoms with Crippen LogP contribution in [-0.4, -0.2) is 34.7 Å². The van der Waals surface area contributed by atoms with Gasteiger partial charge in [0.05, 0.1) is 6.54 Å². The van der Waals surface area contributed by atoms with Crippen LogP contribution in [-0.2, 0) is 17.9 Å². The molecule has 0 aliphatic carbocycles. The standard InChI is InChI=1S/C24H30N6O/c1-3-25-24(26-16-19(2)21-10-5-4-6-11-21)27-17-20-9-7-12-22(15-20)29-23(31)18-30-14-8-13-28-30/h4-15,19H,3,16-18H2,1-2H3,(H,29,31)(H2,25,26,27). The van der Waals surface area contributed by atoms with Gasteiger partial charge in [-0.1, -0.05) is 49.4 Å². The van der Waals surface area contributed by atoms with Gasteiger partial charge in [0.15, 0.2) is 5.96 Å². The minimum Gasteiger partial charge on any atom is -0.357 e. The van der Waals surface area contributed by atoms with E-state index in [4.69, 9.17) is 4.99 Å². The molecule has 1 unspecified atom stereocenters. The summed E-state index contributed by atoms with van der Waals surface area (Å²) >= 11 is 0. The Morgan fingerprint density at radius 1 is 1.10 bits per heavy atom. The molecule has 1 amide bonds. The second-order valence-corrected chi connectivity index (χ2v) is 7.34. The molecule has 0 aliphatic rings. The summed E-state index contributed by atoms with van der Waals surface area (Å²) in [7, 11) is 0. The number of aromatic nitrogens is 2. The Hall–Kier alpha value is -3.61. The van der Waals surface area contributed by atoms with Crippen molar-refractivity contribution >= 4 is 17.6 Å². The van der Waals surface area contributed by atoms with Gasteiger partial charge in [-0.2, -0.15) is 5.10 Å². The maximum absolute atomic E-state index is 12.2. The minimum atomic E-state index is -0.116. The van der Waals surface area contributed by atoms with Gasteiger partial charge in [0.2, 0.25) is 5.91 Å². The molecule has 7 nitrogen and oxygen atoms in total. The highest BCUT2D eigenvalue weighted by Crippen LogP contribution is 2.14. The molecule has 162 valence electrons. The number of hydrogen-bond acceptors (Lipinski definition) is 3. The van der Waals surface area contributed by atoms with E-state index >= 15 is 0 Å². The lowest BCUT2D eigenvalue weighted by Gasteiger charge is -2.16. The fraction of sp³-hybridized carbons (Fsp3) is 0.292. The van der Waals surface area contributed by atoms with Crippen LogP contribution in [0.2, 0.25) is 0 Å². The number of carbonyl (C=O) groups excluding carboxylic acids is 1. The highest BCUT2D eigenvalue weighted by molar-refractivity contribution is 5.90. The number of nitrogens with one attached hydrogen (secondary N) is 3. The maximum Gasteiger partial charge on any atom is 0.246 e. The fourth-order valence-electron chi connectivity index (χ4n) is 3.15. The van der Waals surface area contributed by atoms with Crippen molar-refractivity contribution in [1.29, 1.82) is 0 Å². The second kappa shape index (κ2) is 11.5. The number of carbonyl (C=O) groups is 1. The SMILES string of the molecule is CCNC(=NCc1cccc(NC(=O)Cn2cccn2)c1)NCC(C)c1ccccc1. The van der Waals surface area contributed by atoms with E-state index in [-0.39, 0.29) is 12.5 Å². The van der Waals surface area contributed by atoms with E-state index < -0.39 is 0 Å². The molecular weight excluding hydrogens is 388 g/mol. The molecule has 0 saturated heterocycles. The summed E-state index contributed by atoms with van der Waals surface area (Å²) < 4.78 is 1.59. The summed E-state index contributed by atoms with van der Waals surface area (Å²) in [5.41, 5.74) is 3.06. The first kappa shape index (κ1) is 22.1. The lowest BCUT2D eigenvalue weighted by atomic mass is 10.0.